The number of benzene rings is 2. The predicted octanol–water partition coefficient (Wildman–Crippen LogP) is 3.49. The van der Waals surface area contributed by atoms with Crippen molar-refractivity contribution in [3.05, 3.63) is 60.2 Å². The summed E-state index contributed by atoms with van der Waals surface area (Å²) in [5.74, 6) is 2.23. The van der Waals surface area contributed by atoms with Crippen LogP contribution in [0.4, 0.5) is 0 Å². The van der Waals surface area contributed by atoms with Crippen molar-refractivity contribution in [3.63, 3.8) is 0 Å². The Labute approximate surface area is 174 Å². The van der Waals surface area contributed by atoms with Gasteiger partial charge in [0.25, 0.3) is 5.91 Å². The maximum Gasteiger partial charge on any atom is 0.260 e. The van der Waals surface area contributed by atoms with Crippen molar-refractivity contribution >= 4 is 5.91 Å². The molecule has 2 aromatic rings. The van der Waals surface area contributed by atoms with Gasteiger partial charge in [0.15, 0.2) is 6.61 Å². The molecule has 0 unspecified atom stereocenters. The molecule has 0 spiro atoms. The second kappa shape index (κ2) is 10.9. The quantitative estimate of drug-likeness (QED) is 0.651. The van der Waals surface area contributed by atoms with Gasteiger partial charge in [-0.2, -0.15) is 0 Å². The molecule has 1 heterocycles. The van der Waals surface area contributed by atoms with Crippen LogP contribution in [0.5, 0.6) is 11.5 Å². The number of carbonyl (C=O) groups is 1. The molecule has 3 rings (SSSR count). The Morgan fingerprint density at radius 2 is 1.90 bits per heavy atom. The average Bonchev–Trinajstić information content (AvgIpc) is 2.77. The molecule has 1 amide bonds. The van der Waals surface area contributed by atoms with Crippen molar-refractivity contribution in [2.45, 2.75) is 19.3 Å². The van der Waals surface area contributed by atoms with Crippen molar-refractivity contribution in [1.82, 2.24) is 9.80 Å². The van der Waals surface area contributed by atoms with Gasteiger partial charge in [0.1, 0.15) is 11.5 Å². The molecule has 0 saturated carbocycles. The van der Waals surface area contributed by atoms with Crippen LogP contribution in [0, 0.1) is 5.92 Å². The normalized spacial score (nSPS) is 17.0. The van der Waals surface area contributed by atoms with Gasteiger partial charge in [-0.3, -0.25) is 4.79 Å². The van der Waals surface area contributed by atoms with Crippen LogP contribution in [0.15, 0.2) is 54.6 Å². The predicted molar refractivity (Wildman–Crippen MR) is 115 cm³/mol. The first-order chi connectivity index (χ1) is 14.2. The Morgan fingerprint density at radius 1 is 1.14 bits per heavy atom. The van der Waals surface area contributed by atoms with Crippen molar-refractivity contribution < 1.29 is 14.3 Å². The number of ether oxygens (including phenoxy) is 2. The van der Waals surface area contributed by atoms with Gasteiger partial charge in [-0.25, -0.2) is 0 Å². The zero-order chi connectivity index (χ0) is 20.5. The van der Waals surface area contributed by atoms with E-state index < -0.39 is 0 Å². The second-order valence-corrected chi connectivity index (χ2v) is 7.75. The zero-order valence-corrected chi connectivity index (χ0v) is 17.5. The SMILES string of the molecule is COc1ccccc1CCN1CCC[C@H](CN(C)C(=O)COc2ccccc2)C1. The Bertz CT molecular complexity index is 766. The minimum atomic E-state index is 0.0278. The zero-order valence-electron chi connectivity index (χ0n) is 17.5. The highest BCUT2D eigenvalue weighted by Gasteiger charge is 2.23. The number of piperidine rings is 1. The molecule has 1 aliphatic heterocycles. The van der Waals surface area contributed by atoms with Gasteiger partial charge in [0, 0.05) is 26.7 Å². The molecule has 0 N–H and O–H groups in total. The van der Waals surface area contributed by atoms with Crippen molar-refractivity contribution in [2.75, 3.05) is 46.9 Å². The van der Waals surface area contributed by atoms with E-state index >= 15 is 0 Å². The lowest BCUT2D eigenvalue weighted by Crippen LogP contribution is -2.43. The molecule has 2 aromatic carbocycles. The van der Waals surface area contributed by atoms with Crippen molar-refractivity contribution in [2.24, 2.45) is 5.92 Å². The Kier molecular flexibility index (Phi) is 7.94. The van der Waals surface area contributed by atoms with Gasteiger partial charge in [-0.05, 0) is 55.5 Å². The Morgan fingerprint density at radius 3 is 2.69 bits per heavy atom. The monoisotopic (exact) mass is 396 g/mol. The topological polar surface area (TPSA) is 42.0 Å². The van der Waals surface area contributed by atoms with Gasteiger partial charge >= 0.3 is 0 Å². The van der Waals surface area contributed by atoms with E-state index in [0.29, 0.717) is 5.92 Å². The molecule has 156 valence electrons. The van der Waals surface area contributed by atoms with Crippen molar-refractivity contribution in [1.29, 1.82) is 0 Å². The van der Waals surface area contributed by atoms with E-state index in [1.54, 1.807) is 7.11 Å². The molecule has 1 aliphatic rings. The number of hydrogen-bond donors (Lipinski definition) is 0. The summed E-state index contributed by atoms with van der Waals surface area (Å²) < 4.78 is 11.1. The third-order valence-corrected chi connectivity index (χ3v) is 5.56. The lowest BCUT2D eigenvalue weighted by Gasteiger charge is -2.34. The van der Waals surface area contributed by atoms with Crippen molar-refractivity contribution in [3.8, 4) is 11.5 Å². The van der Waals surface area contributed by atoms with Crippen LogP contribution in [-0.2, 0) is 11.2 Å². The van der Waals surface area contributed by atoms with Crippen LogP contribution in [0.1, 0.15) is 18.4 Å². The molecular formula is C24H32N2O3. The summed E-state index contributed by atoms with van der Waals surface area (Å²) in [4.78, 5) is 16.8. The van der Waals surface area contributed by atoms with E-state index in [1.807, 2.05) is 54.4 Å². The number of methoxy groups -OCH3 is 1. The van der Waals surface area contributed by atoms with Crippen LogP contribution in [0.2, 0.25) is 0 Å². The van der Waals surface area contributed by atoms with Gasteiger partial charge in [-0.1, -0.05) is 36.4 Å². The van der Waals surface area contributed by atoms with Crippen LogP contribution in [0.3, 0.4) is 0 Å². The fourth-order valence-corrected chi connectivity index (χ4v) is 3.95. The largest absolute Gasteiger partial charge is 0.496 e. The van der Waals surface area contributed by atoms with E-state index in [0.717, 1.165) is 44.1 Å². The minimum absolute atomic E-state index is 0.0278. The summed E-state index contributed by atoms with van der Waals surface area (Å²) >= 11 is 0. The maximum atomic E-state index is 12.4. The Balaban J connectivity index is 1.43. The summed E-state index contributed by atoms with van der Waals surface area (Å²) in [5, 5.41) is 0. The number of nitrogens with zero attached hydrogens (tertiary/aromatic N) is 2. The molecular weight excluding hydrogens is 364 g/mol. The average molecular weight is 397 g/mol. The van der Waals surface area contributed by atoms with Gasteiger partial charge in [-0.15, -0.1) is 0 Å². The number of hydrogen-bond acceptors (Lipinski definition) is 4. The third-order valence-electron chi connectivity index (χ3n) is 5.56. The molecule has 1 saturated heterocycles. The summed E-state index contributed by atoms with van der Waals surface area (Å²) in [6.07, 6.45) is 3.33. The lowest BCUT2D eigenvalue weighted by atomic mass is 9.97. The summed E-state index contributed by atoms with van der Waals surface area (Å²) in [6, 6.07) is 17.7. The molecule has 1 fully saturated rings. The highest BCUT2D eigenvalue weighted by molar-refractivity contribution is 5.77. The molecule has 0 aromatic heterocycles. The summed E-state index contributed by atoms with van der Waals surface area (Å²) in [6.45, 7) is 4.05. The Hall–Kier alpha value is -2.53. The second-order valence-electron chi connectivity index (χ2n) is 7.75. The number of likely N-dealkylation sites (tertiary alicyclic amines) is 1. The summed E-state index contributed by atoms with van der Waals surface area (Å²) in [5.41, 5.74) is 1.25. The lowest BCUT2D eigenvalue weighted by molar-refractivity contribution is -0.132. The smallest absolute Gasteiger partial charge is 0.260 e. The van der Waals surface area contributed by atoms with Gasteiger partial charge in [0.2, 0.25) is 0 Å². The summed E-state index contributed by atoms with van der Waals surface area (Å²) in [7, 11) is 3.61. The number of para-hydroxylation sites is 2. The number of carbonyl (C=O) groups excluding carboxylic acids is 1. The molecule has 0 radical (unpaired) electrons. The minimum Gasteiger partial charge on any atom is -0.496 e. The van der Waals surface area contributed by atoms with Gasteiger partial charge < -0.3 is 19.3 Å². The van der Waals surface area contributed by atoms with Crippen LogP contribution >= 0.6 is 0 Å². The molecule has 5 heteroatoms. The molecule has 1 atom stereocenters. The fourth-order valence-electron chi connectivity index (χ4n) is 3.95. The van der Waals surface area contributed by atoms with Crippen LogP contribution < -0.4 is 9.47 Å². The first-order valence-corrected chi connectivity index (χ1v) is 10.4. The number of rotatable bonds is 9. The molecule has 0 aliphatic carbocycles. The van der Waals surface area contributed by atoms with E-state index in [1.165, 1.54) is 18.4 Å². The third kappa shape index (κ3) is 6.50. The maximum absolute atomic E-state index is 12.4. The van der Waals surface area contributed by atoms with E-state index in [-0.39, 0.29) is 12.5 Å². The van der Waals surface area contributed by atoms with E-state index in [9.17, 15) is 4.79 Å². The fraction of sp³-hybridized carbons (Fsp3) is 0.458. The number of amides is 1. The molecule has 0 bridgehead atoms. The van der Waals surface area contributed by atoms with Crippen LogP contribution in [-0.4, -0.2) is 62.7 Å². The molecule has 29 heavy (non-hydrogen) atoms. The first kappa shape index (κ1) is 21.2. The molecule has 5 nitrogen and oxygen atoms in total. The van der Waals surface area contributed by atoms with Gasteiger partial charge in [0.05, 0.1) is 7.11 Å². The standard InChI is InChI=1S/C24H32N2O3/c1-25(24(27)19-29-22-11-4-3-5-12-22)17-20-9-8-15-26(18-20)16-14-21-10-6-7-13-23(21)28-2/h3-7,10-13,20H,8-9,14-19H2,1-2H3/t20-/m1/s1. The highest BCUT2D eigenvalue weighted by Crippen LogP contribution is 2.21. The number of likely N-dealkylation sites (N-methyl/N-ethyl adjacent to an activating group) is 1. The van der Waals surface area contributed by atoms with E-state index in [4.69, 9.17) is 9.47 Å². The van der Waals surface area contributed by atoms with Crippen LogP contribution in [0.25, 0.3) is 0 Å². The van der Waals surface area contributed by atoms with E-state index in [2.05, 4.69) is 17.0 Å². The first-order valence-electron chi connectivity index (χ1n) is 10.4. The highest BCUT2D eigenvalue weighted by atomic mass is 16.5.